The molecule has 0 aromatic rings. The Kier molecular flexibility index (Phi) is 6.02. The molecule has 13 heteroatoms. The molecule has 2 aliphatic rings. The van der Waals surface area contributed by atoms with Crippen molar-refractivity contribution in [1.82, 2.24) is 0 Å². The predicted molar refractivity (Wildman–Crippen MR) is 74.9 cm³/mol. The van der Waals surface area contributed by atoms with Gasteiger partial charge in [-0.25, -0.2) is 0 Å². The van der Waals surface area contributed by atoms with E-state index in [1.165, 1.54) is 0 Å². The lowest BCUT2D eigenvalue weighted by molar-refractivity contribution is -0.393. The Morgan fingerprint density at radius 2 is 1.56 bits per heavy atom. The first-order chi connectivity index (χ1) is 11.5. The van der Waals surface area contributed by atoms with Gasteiger partial charge in [-0.1, -0.05) is 0 Å². The number of ether oxygens (including phenoxy) is 3. The van der Waals surface area contributed by atoms with Crippen LogP contribution in [0.2, 0.25) is 0 Å². The van der Waals surface area contributed by atoms with Crippen molar-refractivity contribution in [3.63, 3.8) is 0 Å². The van der Waals surface area contributed by atoms with Gasteiger partial charge in [0.2, 0.25) is 0 Å². The van der Waals surface area contributed by atoms with Gasteiger partial charge < -0.3 is 55.1 Å². The van der Waals surface area contributed by atoms with E-state index in [1.54, 1.807) is 0 Å². The summed E-state index contributed by atoms with van der Waals surface area (Å²) in [7, 11) is 0. The molecule has 0 aliphatic carbocycles. The summed E-state index contributed by atoms with van der Waals surface area (Å²) in [6.45, 7) is -1.82. The zero-order valence-corrected chi connectivity index (χ0v) is 13.0. The summed E-state index contributed by atoms with van der Waals surface area (Å²) in [5.74, 6) is 0. The number of hydrogen-bond acceptors (Lipinski definition) is 13. The molecule has 2 heterocycles. The fraction of sp³-hybridized carbons (Fsp3) is 1.00. The monoisotopic (exact) mass is 372 g/mol. The first-order valence-electron chi connectivity index (χ1n) is 7.41. The highest BCUT2D eigenvalue weighted by atomic mass is 16.7. The third-order valence-electron chi connectivity index (χ3n) is 4.42. The zero-order chi connectivity index (χ0) is 19.2. The molecular formula is C12H24N2O11. The van der Waals surface area contributed by atoms with Crippen LogP contribution in [0.4, 0.5) is 0 Å². The van der Waals surface area contributed by atoms with Gasteiger partial charge in [0.25, 0.3) is 0 Å². The maximum absolute atomic E-state index is 10.0. The van der Waals surface area contributed by atoms with E-state index in [9.17, 15) is 40.9 Å². The smallest absolute Gasteiger partial charge is 0.189 e. The molecule has 12 N–H and O–H groups in total. The van der Waals surface area contributed by atoms with Gasteiger partial charge >= 0.3 is 0 Å². The van der Waals surface area contributed by atoms with Crippen LogP contribution in [0.1, 0.15) is 0 Å². The normalized spacial score (nSPS) is 54.5. The van der Waals surface area contributed by atoms with E-state index in [1.807, 2.05) is 0 Å². The lowest BCUT2D eigenvalue weighted by atomic mass is 9.88. The molecule has 0 amide bonds. The fourth-order valence-electron chi connectivity index (χ4n) is 2.69. The second-order valence-corrected chi connectivity index (χ2v) is 6.12. The Morgan fingerprint density at radius 3 is 2.08 bits per heavy atom. The van der Waals surface area contributed by atoms with Crippen LogP contribution in [-0.4, -0.2) is 115 Å². The topological polar surface area (TPSA) is 242 Å². The molecule has 0 radical (unpaired) electrons. The van der Waals surface area contributed by atoms with Crippen molar-refractivity contribution < 1.29 is 55.1 Å². The van der Waals surface area contributed by atoms with Gasteiger partial charge in [-0.15, -0.1) is 0 Å². The summed E-state index contributed by atoms with van der Waals surface area (Å²) in [5, 5.41) is 77.6. The van der Waals surface area contributed by atoms with Gasteiger partial charge in [-0.3, -0.25) is 11.5 Å². The number of nitrogens with two attached hydrogens (primary N) is 2. The van der Waals surface area contributed by atoms with Crippen molar-refractivity contribution in [3.8, 4) is 0 Å². The van der Waals surface area contributed by atoms with Crippen molar-refractivity contribution in [2.75, 3.05) is 13.2 Å². The van der Waals surface area contributed by atoms with Crippen molar-refractivity contribution in [2.24, 2.45) is 11.5 Å². The lowest BCUT2D eigenvalue weighted by Gasteiger charge is -2.52. The Labute approximate surface area is 141 Å². The molecule has 25 heavy (non-hydrogen) atoms. The second-order valence-electron chi connectivity index (χ2n) is 6.12. The van der Waals surface area contributed by atoms with Gasteiger partial charge in [-0.2, -0.15) is 0 Å². The Balaban J connectivity index is 2.23. The van der Waals surface area contributed by atoms with E-state index >= 15 is 0 Å². The molecule has 2 aliphatic heterocycles. The molecule has 10 atom stereocenters. The average molecular weight is 372 g/mol. The standard InChI is InChI=1S/C12H24N2O11/c13-11(2-16)12(14,22)8(20)6(19)10(25-11)24-7-3(1-15)23-9(21)5(18)4(7)17/h3-10,15-22H,1-2,13-14H2/t3-,4-,5-,6-,7-,8+,9-,10+,11-,12-/m1/s1. The highest BCUT2D eigenvalue weighted by molar-refractivity contribution is 5.05. The highest BCUT2D eigenvalue weighted by Crippen LogP contribution is 2.34. The minimum atomic E-state index is -2.74. The maximum Gasteiger partial charge on any atom is 0.189 e. The molecule has 2 rings (SSSR count). The Hall–Kier alpha value is -0.520. The number of hydrogen-bond donors (Lipinski definition) is 10. The second kappa shape index (κ2) is 7.24. The van der Waals surface area contributed by atoms with Crippen molar-refractivity contribution in [2.45, 2.75) is 60.7 Å². The number of rotatable bonds is 4. The Morgan fingerprint density at radius 1 is 0.960 bits per heavy atom. The van der Waals surface area contributed by atoms with Gasteiger partial charge in [0.05, 0.1) is 13.2 Å². The molecule has 0 aromatic carbocycles. The van der Waals surface area contributed by atoms with E-state index in [4.69, 9.17) is 25.7 Å². The summed E-state index contributed by atoms with van der Waals surface area (Å²) in [5.41, 5.74) is 5.83. The average Bonchev–Trinajstić information content (AvgIpc) is 2.58. The van der Waals surface area contributed by atoms with Crippen molar-refractivity contribution in [3.05, 3.63) is 0 Å². The van der Waals surface area contributed by atoms with Gasteiger partial charge in [-0.05, 0) is 0 Å². The molecule has 0 aromatic heterocycles. The third-order valence-corrected chi connectivity index (χ3v) is 4.42. The van der Waals surface area contributed by atoms with Crippen LogP contribution in [-0.2, 0) is 14.2 Å². The molecule has 2 saturated heterocycles. The molecule has 148 valence electrons. The van der Waals surface area contributed by atoms with Crippen molar-refractivity contribution >= 4 is 0 Å². The van der Waals surface area contributed by atoms with E-state index in [-0.39, 0.29) is 0 Å². The molecule has 13 nitrogen and oxygen atoms in total. The van der Waals surface area contributed by atoms with Crippen LogP contribution in [0.5, 0.6) is 0 Å². The van der Waals surface area contributed by atoms with Crippen LogP contribution in [0.25, 0.3) is 0 Å². The van der Waals surface area contributed by atoms with Crippen molar-refractivity contribution in [1.29, 1.82) is 0 Å². The van der Waals surface area contributed by atoms with Crippen LogP contribution in [0.3, 0.4) is 0 Å². The zero-order valence-electron chi connectivity index (χ0n) is 13.0. The third kappa shape index (κ3) is 3.40. The lowest BCUT2D eigenvalue weighted by Crippen LogP contribution is -2.81. The van der Waals surface area contributed by atoms with Gasteiger partial charge in [0, 0.05) is 0 Å². The van der Waals surface area contributed by atoms with E-state index in [2.05, 4.69) is 0 Å². The SMILES string of the molecule is N[C@]1(CO)O[C@H](O[C@H]2[C@H](O)[C@@H](O)[C@H](O)O[C@@H]2CO)[C@H](O)[C@H](O)[C@@]1(N)O. The quantitative estimate of drug-likeness (QED) is 0.206. The number of aliphatic hydroxyl groups is 8. The summed E-state index contributed by atoms with van der Waals surface area (Å²) in [6, 6.07) is 0. The van der Waals surface area contributed by atoms with Gasteiger partial charge in [0.15, 0.2) is 24.0 Å². The first-order valence-corrected chi connectivity index (χ1v) is 7.41. The molecule has 2 fully saturated rings. The summed E-state index contributed by atoms with van der Waals surface area (Å²) >= 11 is 0. The molecule has 0 unspecified atom stereocenters. The van der Waals surface area contributed by atoms with E-state index in [0.29, 0.717) is 0 Å². The molecule has 0 saturated carbocycles. The van der Waals surface area contributed by atoms with Crippen LogP contribution in [0, 0.1) is 0 Å². The van der Waals surface area contributed by atoms with Gasteiger partial charge in [0.1, 0.15) is 36.6 Å². The van der Waals surface area contributed by atoms with E-state index in [0.717, 1.165) is 0 Å². The minimum absolute atomic E-state index is 0.745. The fourth-order valence-corrected chi connectivity index (χ4v) is 2.69. The summed E-state index contributed by atoms with van der Waals surface area (Å²) in [6.07, 6.45) is -14.2. The summed E-state index contributed by atoms with van der Waals surface area (Å²) in [4.78, 5) is 0. The minimum Gasteiger partial charge on any atom is -0.394 e. The van der Waals surface area contributed by atoms with Crippen LogP contribution >= 0.6 is 0 Å². The maximum atomic E-state index is 10.0. The van der Waals surface area contributed by atoms with Crippen LogP contribution < -0.4 is 11.5 Å². The van der Waals surface area contributed by atoms with Crippen LogP contribution in [0.15, 0.2) is 0 Å². The highest BCUT2D eigenvalue weighted by Gasteiger charge is 2.61. The Bertz CT molecular complexity index is 466. The largest absolute Gasteiger partial charge is 0.394 e. The molecular weight excluding hydrogens is 348 g/mol. The molecule has 0 spiro atoms. The summed E-state index contributed by atoms with van der Waals surface area (Å²) < 4.78 is 15.2. The first kappa shape index (κ1) is 20.8. The molecule has 0 bridgehead atoms. The number of aliphatic hydroxyl groups excluding tert-OH is 7. The predicted octanol–water partition coefficient (Wildman–Crippen LogP) is -6.82. The van der Waals surface area contributed by atoms with E-state index < -0.39 is 73.9 Å².